The van der Waals surface area contributed by atoms with E-state index < -0.39 is 12.0 Å². The topological polar surface area (TPSA) is 68.2 Å². The van der Waals surface area contributed by atoms with E-state index in [2.05, 4.69) is 0 Å². The van der Waals surface area contributed by atoms with Crippen LogP contribution in [0, 0.1) is 11.7 Å². The number of carbonyl (C=O) groups excluding carboxylic acids is 1. The third kappa shape index (κ3) is 3.49. The zero-order valence-electron chi connectivity index (χ0n) is 12.1. The first-order valence-electron chi connectivity index (χ1n) is 6.81. The third-order valence-corrected chi connectivity index (χ3v) is 3.41. The fourth-order valence-corrected chi connectivity index (χ4v) is 2.20. The van der Waals surface area contributed by atoms with Crippen molar-refractivity contribution in [3.05, 3.63) is 59.2 Å². The van der Waals surface area contributed by atoms with E-state index in [0.717, 1.165) is 5.56 Å². The fourth-order valence-electron chi connectivity index (χ4n) is 2.20. The minimum absolute atomic E-state index is 0.0346. The number of hydrogen-bond donors (Lipinski definition) is 2. The van der Waals surface area contributed by atoms with Crippen LogP contribution in [0.2, 0.25) is 0 Å². The monoisotopic (exact) mass is 290 g/mol. The lowest BCUT2D eigenvalue weighted by molar-refractivity contribution is 0.0992. The van der Waals surface area contributed by atoms with Crippen molar-refractivity contribution in [3.8, 4) is 0 Å². The van der Waals surface area contributed by atoms with Crippen LogP contribution in [0.25, 0.3) is 0 Å². The number of benzene rings is 1. The van der Waals surface area contributed by atoms with Gasteiger partial charge in [0.1, 0.15) is 11.5 Å². The first-order chi connectivity index (χ1) is 9.88. The Labute approximate surface area is 123 Å². The number of nitrogens with zero attached hydrogens (tertiary/aromatic N) is 1. The molecule has 0 bridgehead atoms. The number of hydrogen-bond acceptors (Lipinski definition) is 2. The molecule has 1 heterocycles. The molecular weight excluding hydrogens is 271 g/mol. The van der Waals surface area contributed by atoms with Crippen LogP contribution in [0.15, 0.2) is 36.5 Å². The van der Waals surface area contributed by atoms with Gasteiger partial charge in [0, 0.05) is 12.7 Å². The van der Waals surface area contributed by atoms with Crippen LogP contribution < -0.4 is 5.73 Å². The van der Waals surface area contributed by atoms with E-state index in [1.165, 1.54) is 12.1 Å². The number of rotatable bonds is 5. The molecule has 1 aromatic carbocycles. The average Bonchev–Trinajstić information content (AvgIpc) is 2.84. The molecule has 0 fully saturated rings. The minimum Gasteiger partial charge on any atom is -0.388 e. The van der Waals surface area contributed by atoms with E-state index in [1.54, 1.807) is 29.0 Å². The first-order valence-corrected chi connectivity index (χ1v) is 6.81. The number of aliphatic hydroxyl groups excluding tert-OH is 1. The van der Waals surface area contributed by atoms with Gasteiger partial charge in [0.2, 0.25) is 0 Å². The Balaban J connectivity index is 2.33. The molecule has 0 radical (unpaired) electrons. The molecule has 1 unspecified atom stereocenters. The number of aliphatic hydroxyl groups is 1. The average molecular weight is 290 g/mol. The Bertz CT molecular complexity index is 632. The second kappa shape index (κ2) is 6.10. The molecule has 0 saturated carbocycles. The Morgan fingerprint density at radius 1 is 1.33 bits per heavy atom. The van der Waals surface area contributed by atoms with Gasteiger partial charge in [-0.1, -0.05) is 26.0 Å². The zero-order valence-corrected chi connectivity index (χ0v) is 12.1. The van der Waals surface area contributed by atoms with Crippen molar-refractivity contribution >= 4 is 5.91 Å². The summed E-state index contributed by atoms with van der Waals surface area (Å²) >= 11 is 0. The second-order valence-corrected chi connectivity index (χ2v) is 5.47. The van der Waals surface area contributed by atoms with Gasteiger partial charge in [-0.15, -0.1) is 0 Å². The van der Waals surface area contributed by atoms with Gasteiger partial charge < -0.3 is 15.4 Å². The lowest BCUT2D eigenvalue weighted by Crippen LogP contribution is -2.16. The molecule has 1 aromatic heterocycles. The highest BCUT2D eigenvalue weighted by molar-refractivity contribution is 5.91. The van der Waals surface area contributed by atoms with Crippen molar-refractivity contribution in [2.45, 2.75) is 26.5 Å². The highest BCUT2D eigenvalue weighted by atomic mass is 19.1. The fraction of sp³-hybridized carbons (Fsp3) is 0.312. The standard InChI is InChI=1S/C16H19FN2O2/c1-10(2)15(20)12-7-14(16(18)21)19(9-12)8-11-3-5-13(17)6-4-11/h3-7,9-10,15,20H,8H2,1-2H3,(H2,18,21). The van der Waals surface area contributed by atoms with Crippen LogP contribution in [0.4, 0.5) is 4.39 Å². The van der Waals surface area contributed by atoms with Gasteiger partial charge in [0.15, 0.2) is 0 Å². The molecule has 1 atom stereocenters. The Hall–Kier alpha value is -2.14. The summed E-state index contributed by atoms with van der Waals surface area (Å²) in [5.41, 5.74) is 7.21. The number of nitrogens with two attached hydrogens (primary N) is 1. The van der Waals surface area contributed by atoms with Gasteiger partial charge in [-0.2, -0.15) is 0 Å². The quantitative estimate of drug-likeness (QED) is 0.888. The number of amides is 1. The van der Waals surface area contributed by atoms with Crippen LogP contribution in [0.1, 0.15) is 41.6 Å². The molecule has 2 rings (SSSR count). The van der Waals surface area contributed by atoms with E-state index in [0.29, 0.717) is 17.8 Å². The highest BCUT2D eigenvalue weighted by Gasteiger charge is 2.18. The zero-order chi connectivity index (χ0) is 15.6. The molecule has 0 saturated heterocycles. The molecule has 0 spiro atoms. The van der Waals surface area contributed by atoms with Crippen molar-refractivity contribution in [1.29, 1.82) is 0 Å². The predicted molar refractivity (Wildman–Crippen MR) is 78.2 cm³/mol. The van der Waals surface area contributed by atoms with Crippen LogP contribution >= 0.6 is 0 Å². The van der Waals surface area contributed by atoms with Gasteiger partial charge in [0.05, 0.1) is 6.10 Å². The van der Waals surface area contributed by atoms with Gasteiger partial charge in [-0.25, -0.2) is 4.39 Å². The maximum Gasteiger partial charge on any atom is 0.265 e. The molecule has 21 heavy (non-hydrogen) atoms. The summed E-state index contributed by atoms with van der Waals surface area (Å²) < 4.78 is 14.6. The van der Waals surface area contributed by atoms with Gasteiger partial charge in [-0.3, -0.25) is 4.79 Å². The molecule has 2 aromatic rings. The van der Waals surface area contributed by atoms with Crippen molar-refractivity contribution < 1.29 is 14.3 Å². The van der Waals surface area contributed by atoms with Crippen LogP contribution in [0.5, 0.6) is 0 Å². The lowest BCUT2D eigenvalue weighted by atomic mass is 10.0. The maximum atomic E-state index is 12.9. The van der Waals surface area contributed by atoms with Crippen molar-refractivity contribution in [3.63, 3.8) is 0 Å². The van der Waals surface area contributed by atoms with Crippen LogP contribution in [-0.2, 0) is 6.54 Å². The normalized spacial score (nSPS) is 12.6. The number of halogens is 1. The summed E-state index contributed by atoms with van der Waals surface area (Å²) in [5.74, 6) is -0.830. The van der Waals surface area contributed by atoms with Gasteiger partial charge in [0.25, 0.3) is 5.91 Å². The molecule has 0 aliphatic rings. The third-order valence-electron chi connectivity index (χ3n) is 3.41. The number of aromatic nitrogens is 1. The predicted octanol–water partition coefficient (Wildman–Crippen LogP) is 2.46. The van der Waals surface area contributed by atoms with Crippen molar-refractivity contribution in [2.75, 3.05) is 0 Å². The molecular formula is C16H19FN2O2. The number of carbonyl (C=O) groups is 1. The molecule has 4 nitrogen and oxygen atoms in total. The summed E-state index contributed by atoms with van der Waals surface area (Å²) in [6, 6.07) is 7.65. The minimum atomic E-state index is -0.655. The SMILES string of the molecule is CC(C)C(O)c1cc(C(N)=O)n(Cc2ccc(F)cc2)c1. The summed E-state index contributed by atoms with van der Waals surface area (Å²) in [4.78, 5) is 11.5. The molecule has 112 valence electrons. The molecule has 1 amide bonds. The Kier molecular flexibility index (Phi) is 4.43. The van der Waals surface area contributed by atoms with E-state index in [1.807, 2.05) is 13.8 Å². The largest absolute Gasteiger partial charge is 0.388 e. The molecule has 3 N–H and O–H groups in total. The molecule has 0 aliphatic heterocycles. The van der Waals surface area contributed by atoms with E-state index in [4.69, 9.17) is 5.73 Å². The summed E-state index contributed by atoms with van der Waals surface area (Å²) in [6.45, 7) is 4.18. The summed E-state index contributed by atoms with van der Waals surface area (Å²) in [7, 11) is 0. The maximum absolute atomic E-state index is 12.9. The van der Waals surface area contributed by atoms with E-state index in [-0.39, 0.29) is 11.7 Å². The Morgan fingerprint density at radius 3 is 2.48 bits per heavy atom. The van der Waals surface area contributed by atoms with Crippen LogP contribution in [-0.4, -0.2) is 15.6 Å². The second-order valence-electron chi connectivity index (χ2n) is 5.47. The van der Waals surface area contributed by atoms with E-state index >= 15 is 0 Å². The van der Waals surface area contributed by atoms with Gasteiger partial charge >= 0.3 is 0 Å². The summed E-state index contributed by atoms with van der Waals surface area (Å²) in [5, 5.41) is 10.1. The van der Waals surface area contributed by atoms with Gasteiger partial charge in [-0.05, 0) is 35.2 Å². The smallest absolute Gasteiger partial charge is 0.265 e. The number of primary amides is 1. The highest BCUT2D eigenvalue weighted by Crippen LogP contribution is 2.24. The lowest BCUT2D eigenvalue weighted by Gasteiger charge is -2.12. The first kappa shape index (κ1) is 15.3. The van der Waals surface area contributed by atoms with Crippen molar-refractivity contribution in [1.82, 2.24) is 4.57 Å². The molecule has 5 heteroatoms. The Morgan fingerprint density at radius 2 is 1.95 bits per heavy atom. The van der Waals surface area contributed by atoms with Crippen LogP contribution in [0.3, 0.4) is 0 Å². The molecule has 0 aliphatic carbocycles. The summed E-state index contributed by atoms with van der Waals surface area (Å²) in [6.07, 6.45) is 1.06. The van der Waals surface area contributed by atoms with Crippen molar-refractivity contribution in [2.24, 2.45) is 11.7 Å². The van der Waals surface area contributed by atoms with E-state index in [9.17, 15) is 14.3 Å².